The lowest BCUT2D eigenvalue weighted by Gasteiger charge is -2.10. The van der Waals surface area contributed by atoms with E-state index in [1.165, 1.54) is 6.20 Å². The Morgan fingerprint density at radius 3 is 2.43 bits per heavy atom. The molecule has 0 heterocycles. The first-order valence-corrected chi connectivity index (χ1v) is 8.76. The van der Waals surface area contributed by atoms with E-state index in [1.807, 2.05) is 25.1 Å². The molecule has 0 radical (unpaired) electrons. The Balaban J connectivity index is 2.06. The number of hydrogen-bond acceptors (Lipinski definition) is 6. The fourth-order valence-electron chi connectivity index (χ4n) is 2.27. The number of benzene rings is 2. The second-order valence-corrected chi connectivity index (χ2v) is 5.50. The van der Waals surface area contributed by atoms with E-state index in [0.29, 0.717) is 29.3 Å². The highest BCUT2D eigenvalue weighted by Crippen LogP contribution is 2.24. The van der Waals surface area contributed by atoms with Crippen LogP contribution in [0.2, 0.25) is 0 Å². The van der Waals surface area contributed by atoms with Crippen molar-refractivity contribution in [2.24, 2.45) is 0 Å². The zero-order valence-corrected chi connectivity index (χ0v) is 15.7. The number of para-hydroxylation sites is 2. The number of esters is 1. The third kappa shape index (κ3) is 5.61. The van der Waals surface area contributed by atoms with Crippen molar-refractivity contribution in [2.45, 2.75) is 13.8 Å². The summed E-state index contributed by atoms with van der Waals surface area (Å²) in [6.07, 6.45) is 1.32. The molecule has 144 valence electrons. The van der Waals surface area contributed by atoms with Gasteiger partial charge in [0.2, 0.25) is 0 Å². The number of nitrogens with one attached hydrogen (secondary N) is 2. The molecule has 0 aromatic heterocycles. The maximum absolute atomic E-state index is 12.3. The summed E-state index contributed by atoms with van der Waals surface area (Å²) >= 11 is 0. The highest BCUT2D eigenvalue weighted by molar-refractivity contribution is 6.07. The predicted octanol–water partition coefficient (Wildman–Crippen LogP) is 3.72. The van der Waals surface area contributed by atoms with Crippen LogP contribution in [0.25, 0.3) is 0 Å². The van der Waals surface area contributed by atoms with E-state index in [1.54, 1.807) is 43.3 Å². The van der Waals surface area contributed by atoms with Gasteiger partial charge in [-0.05, 0) is 50.2 Å². The molecule has 0 saturated carbocycles. The zero-order valence-electron chi connectivity index (χ0n) is 15.7. The second-order valence-electron chi connectivity index (χ2n) is 5.50. The first-order valence-electron chi connectivity index (χ1n) is 8.76. The molecule has 1 amide bonds. The van der Waals surface area contributed by atoms with Gasteiger partial charge in [-0.25, -0.2) is 4.79 Å². The Hall–Kier alpha value is -3.79. The van der Waals surface area contributed by atoms with Gasteiger partial charge in [-0.2, -0.15) is 5.26 Å². The fraction of sp³-hybridized carbons (Fsp3) is 0.190. The molecule has 0 aliphatic heterocycles. The number of rotatable bonds is 8. The van der Waals surface area contributed by atoms with Gasteiger partial charge in [0, 0.05) is 11.9 Å². The lowest BCUT2D eigenvalue weighted by Crippen LogP contribution is -2.15. The maximum atomic E-state index is 12.3. The van der Waals surface area contributed by atoms with Gasteiger partial charge in [0.15, 0.2) is 0 Å². The number of nitrogens with zero attached hydrogens (tertiary/aromatic N) is 1. The minimum atomic E-state index is -0.576. The van der Waals surface area contributed by atoms with Crippen LogP contribution in [-0.2, 0) is 9.53 Å². The minimum absolute atomic E-state index is 0.110. The van der Waals surface area contributed by atoms with Crippen molar-refractivity contribution in [1.82, 2.24) is 0 Å². The Bertz CT molecular complexity index is 899. The fourth-order valence-corrected chi connectivity index (χ4v) is 2.27. The van der Waals surface area contributed by atoms with Crippen molar-refractivity contribution >= 4 is 23.3 Å². The third-order valence-corrected chi connectivity index (χ3v) is 3.58. The molecule has 2 aromatic carbocycles. The van der Waals surface area contributed by atoms with Gasteiger partial charge in [-0.15, -0.1) is 0 Å². The van der Waals surface area contributed by atoms with Gasteiger partial charge >= 0.3 is 5.97 Å². The van der Waals surface area contributed by atoms with Crippen LogP contribution in [0.4, 0.5) is 11.4 Å². The molecule has 2 aromatic rings. The number of carbonyl (C=O) groups is 2. The minimum Gasteiger partial charge on any atom is -0.492 e. The lowest BCUT2D eigenvalue weighted by atomic mass is 10.2. The summed E-state index contributed by atoms with van der Waals surface area (Å²) in [4.78, 5) is 24.0. The maximum Gasteiger partial charge on any atom is 0.338 e. The van der Waals surface area contributed by atoms with E-state index >= 15 is 0 Å². The SMILES string of the molecule is CCOC(=O)c1ccc(NC(=O)/C(C#N)=C\Nc2ccccc2OCC)cc1. The molecule has 2 N–H and O–H groups in total. The Morgan fingerprint density at radius 1 is 1.07 bits per heavy atom. The Kier molecular flexibility index (Phi) is 7.61. The summed E-state index contributed by atoms with van der Waals surface area (Å²) in [6, 6.07) is 15.3. The average Bonchev–Trinajstić information content (AvgIpc) is 2.70. The van der Waals surface area contributed by atoms with Crippen molar-refractivity contribution in [2.75, 3.05) is 23.8 Å². The molecule has 0 spiro atoms. The van der Waals surface area contributed by atoms with Crippen molar-refractivity contribution in [3.8, 4) is 11.8 Å². The van der Waals surface area contributed by atoms with E-state index in [9.17, 15) is 14.9 Å². The summed E-state index contributed by atoms with van der Waals surface area (Å²) in [5, 5.41) is 14.8. The van der Waals surface area contributed by atoms with E-state index < -0.39 is 11.9 Å². The Morgan fingerprint density at radius 2 is 1.79 bits per heavy atom. The molecule has 0 unspecified atom stereocenters. The molecule has 0 aliphatic rings. The number of nitriles is 1. The van der Waals surface area contributed by atoms with Gasteiger partial charge in [-0.3, -0.25) is 4.79 Å². The molecular formula is C21H21N3O4. The summed E-state index contributed by atoms with van der Waals surface area (Å²) in [5.74, 6) is -0.392. The van der Waals surface area contributed by atoms with Crippen LogP contribution in [0.15, 0.2) is 60.3 Å². The van der Waals surface area contributed by atoms with Gasteiger partial charge in [-0.1, -0.05) is 12.1 Å². The zero-order chi connectivity index (χ0) is 20.4. The van der Waals surface area contributed by atoms with Crippen molar-refractivity contribution in [3.63, 3.8) is 0 Å². The molecule has 0 bridgehead atoms. The van der Waals surface area contributed by atoms with Crippen LogP contribution in [0.3, 0.4) is 0 Å². The lowest BCUT2D eigenvalue weighted by molar-refractivity contribution is -0.112. The molecule has 0 aliphatic carbocycles. The second kappa shape index (κ2) is 10.4. The standard InChI is InChI=1S/C21H21N3O4/c1-3-27-19-8-6-5-7-18(19)23-14-16(13-22)20(25)24-17-11-9-15(10-12-17)21(26)28-4-2/h5-12,14,23H,3-4H2,1-2H3,(H,24,25)/b16-14-. The number of anilines is 2. The molecule has 7 nitrogen and oxygen atoms in total. The molecule has 0 saturated heterocycles. The summed E-state index contributed by atoms with van der Waals surface area (Å²) in [6.45, 7) is 4.37. The highest BCUT2D eigenvalue weighted by atomic mass is 16.5. The molecule has 7 heteroatoms. The van der Waals surface area contributed by atoms with Gasteiger partial charge in [0.1, 0.15) is 17.4 Å². The van der Waals surface area contributed by atoms with Gasteiger partial charge < -0.3 is 20.1 Å². The Labute approximate surface area is 163 Å². The normalized spacial score (nSPS) is 10.5. The number of carbonyl (C=O) groups excluding carboxylic acids is 2. The van der Waals surface area contributed by atoms with Crippen LogP contribution < -0.4 is 15.4 Å². The average molecular weight is 379 g/mol. The molecule has 0 fully saturated rings. The molecule has 28 heavy (non-hydrogen) atoms. The smallest absolute Gasteiger partial charge is 0.338 e. The van der Waals surface area contributed by atoms with Crippen molar-refractivity contribution in [1.29, 1.82) is 5.26 Å². The molecule has 2 rings (SSSR count). The van der Waals surface area contributed by atoms with E-state index in [4.69, 9.17) is 9.47 Å². The predicted molar refractivity (Wildman–Crippen MR) is 106 cm³/mol. The quantitative estimate of drug-likeness (QED) is 0.412. The van der Waals surface area contributed by atoms with Crippen LogP contribution >= 0.6 is 0 Å². The van der Waals surface area contributed by atoms with Crippen molar-refractivity contribution in [3.05, 3.63) is 65.9 Å². The highest BCUT2D eigenvalue weighted by Gasteiger charge is 2.11. The third-order valence-electron chi connectivity index (χ3n) is 3.58. The molecule has 0 atom stereocenters. The van der Waals surface area contributed by atoms with Crippen LogP contribution in [0.1, 0.15) is 24.2 Å². The van der Waals surface area contributed by atoms with Gasteiger partial charge in [0.05, 0.1) is 24.5 Å². The van der Waals surface area contributed by atoms with Crippen LogP contribution in [0, 0.1) is 11.3 Å². The number of amides is 1. The van der Waals surface area contributed by atoms with Crippen molar-refractivity contribution < 1.29 is 19.1 Å². The van der Waals surface area contributed by atoms with E-state index in [0.717, 1.165) is 0 Å². The monoisotopic (exact) mass is 379 g/mol. The first kappa shape index (κ1) is 20.5. The number of ether oxygens (including phenoxy) is 2. The summed E-state index contributed by atoms with van der Waals surface area (Å²) in [7, 11) is 0. The van der Waals surface area contributed by atoms with E-state index in [2.05, 4.69) is 10.6 Å². The topological polar surface area (TPSA) is 100 Å². The summed E-state index contributed by atoms with van der Waals surface area (Å²) in [5.41, 5.74) is 1.36. The van der Waals surface area contributed by atoms with Gasteiger partial charge in [0.25, 0.3) is 5.91 Å². The first-order chi connectivity index (χ1) is 13.6. The summed E-state index contributed by atoms with van der Waals surface area (Å²) < 4.78 is 10.4. The van der Waals surface area contributed by atoms with Crippen LogP contribution in [0.5, 0.6) is 5.75 Å². The number of hydrogen-bond donors (Lipinski definition) is 2. The van der Waals surface area contributed by atoms with Crippen LogP contribution in [-0.4, -0.2) is 25.1 Å². The molecular weight excluding hydrogens is 358 g/mol. The largest absolute Gasteiger partial charge is 0.492 e. The van der Waals surface area contributed by atoms with E-state index in [-0.39, 0.29) is 12.2 Å².